The molecule has 2 atom stereocenters. The van der Waals surface area contributed by atoms with Crippen molar-refractivity contribution in [1.29, 1.82) is 0 Å². The number of hydrogen-bond acceptors (Lipinski definition) is 4. The van der Waals surface area contributed by atoms with Crippen LogP contribution in [0.4, 0.5) is 5.69 Å². The average molecular weight is 327 g/mol. The molecular formula is C19H21NO4. The predicted octanol–water partition coefficient (Wildman–Crippen LogP) is 3.36. The van der Waals surface area contributed by atoms with Crippen LogP contribution in [0.5, 0.6) is 11.5 Å². The third-order valence-corrected chi connectivity index (χ3v) is 4.58. The Hall–Kier alpha value is -2.69. The summed E-state index contributed by atoms with van der Waals surface area (Å²) in [5, 5.41) is 9.62. The summed E-state index contributed by atoms with van der Waals surface area (Å²) in [5.74, 6) is 0.362. The van der Waals surface area contributed by atoms with E-state index in [9.17, 15) is 9.90 Å². The number of anilines is 1. The zero-order chi connectivity index (χ0) is 17.1. The Morgan fingerprint density at radius 2 is 1.54 bits per heavy atom. The fraction of sp³-hybridized carbons (Fsp3) is 0.316. The molecule has 0 bridgehead atoms. The third-order valence-electron chi connectivity index (χ3n) is 4.58. The van der Waals surface area contributed by atoms with Crippen molar-refractivity contribution in [3.63, 3.8) is 0 Å². The molecule has 0 radical (unpaired) electrons. The molecule has 126 valence electrons. The van der Waals surface area contributed by atoms with Crippen LogP contribution in [0, 0.1) is 5.92 Å². The fourth-order valence-corrected chi connectivity index (χ4v) is 3.33. The quantitative estimate of drug-likeness (QED) is 0.912. The lowest BCUT2D eigenvalue weighted by molar-refractivity contribution is -0.141. The number of ether oxygens (including phenoxy) is 2. The standard InChI is InChI=1S/C19H21NO4/c1-23-15-7-3-13(4-8-15)18-17(19(21)22)11-12-20(18)14-5-9-16(24-2)10-6-14/h3-10,17-18H,11-12H2,1-2H3,(H,21,22)/t17-,18-/m0/s1. The molecule has 0 saturated carbocycles. The van der Waals surface area contributed by atoms with Gasteiger partial charge in [0.15, 0.2) is 0 Å². The van der Waals surface area contributed by atoms with E-state index >= 15 is 0 Å². The summed E-state index contributed by atoms with van der Waals surface area (Å²) in [6.45, 7) is 0.708. The number of nitrogens with zero attached hydrogens (tertiary/aromatic N) is 1. The van der Waals surface area contributed by atoms with E-state index in [1.807, 2.05) is 48.5 Å². The van der Waals surface area contributed by atoms with Gasteiger partial charge in [0.2, 0.25) is 0 Å². The molecule has 24 heavy (non-hydrogen) atoms. The third kappa shape index (κ3) is 3.02. The molecule has 1 fully saturated rings. The number of carboxylic acid groups (broad SMARTS) is 1. The summed E-state index contributed by atoms with van der Waals surface area (Å²) in [7, 11) is 3.25. The van der Waals surface area contributed by atoms with Gasteiger partial charge < -0.3 is 19.5 Å². The summed E-state index contributed by atoms with van der Waals surface area (Å²) in [6.07, 6.45) is 0.623. The van der Waals surface area contributed by atoms with Crippen LogP contribution in [0.25, 0.3) is 0 Å². The van der Waals surface area contributed by atoms with Gasteiger partial charge in [0, 0.05) is 12.2 Å². The summed E-state index contributed by atoms with van der Waals surface area (Å²) < 4.78 is 10.4. The Kier molecular flexibility index (Phi) is 4.60. The number of methoxy groups -OCH3 is 2. The number of rotatable bonds is 5. The Balaban J connectivity index is 1.95. The molecule has 5 nitrogen and oxygen atoms in total. The molecule has 0 unspecified atom stereocenters. The number of benzene rings is 2. The second kappa shape index (κ2) is 6.83. The van der Waals surface area contributed by atoms with E-state index in [4.69, 9.17) is 9.47 Å². The first-order valence-corrected chi connectivity index (χ1v) is 7.91. The number of carbonyl (C=O) groups is 1. The number of aliphatic carboxylic acids is 1. The lowest BCUT2D eigenvalue weighted by atomic mass is 9.93. The van der Waals surface area contributed by atoms with Crippen molar-refractivity contribution in [2.24, 2.45) is 5.92 Å². The first-order chi connectivity index (χ1) is 11.6. The largest absolute Gasteiger partial charge is 0.497 e. The highest BCUT2D eigenvalue weighted by atomic mass is 16.5. The minimum absolute atomic E-state index is 0.193. The maximum absolute atomic E-state index is 11.7. The maximum atomic E-state index is 11.7. The van der Waals surface area contributed by atoms with Gasteiger partial charge in [-0.3, -0.25) is 4.79 Å². The molecule has 1 N–H and O–H groups in total. The van der Waals surface area contributed by atoms with Crippen LogP contribution >= 0.6 is 0 Å². The summed E-state index contributed by atoms with van der Waals surface area (Å²) in [6, 6.07) is 15.2. The molecular weight excluding hydrogens is 306 g/mol. The van der Waals surface area contributed by atoms with Crippen molar-refractivity contribution in [3.05, 3.63) is 54.1 Å². The zero-order valence-corrected chi connectivity index (χ0v) is 13.8. The Bertz CT molecular complexity index is 696. The SMILES string of the molecule is COc1ccc([C@H]2[C@@H](C(=O)O)CCN2c2ccc(OC)cc2)cc1. The molecule has 1 heterocycles. The monoisotopic (exact) mass is 327 g/mol. The average Bonchev–Trinajstić information content (AvgIpc) is 3.07. The van der Waals surface area contributed by atoms with Gasteiger partial charge >= 0.3 is 5.97 Å². The molecule has 0 aliphatic carbocycles. The highest BCUT2D eigenvalue weighted by Gasteiger charge is 2.39. The Labute approximate surface area is 141 Å². The molecule has 5 heteroatoms. The molecule has 3 rings (SSSR count). The lowest BCUT2D eigenvalue weighted by Gasteiger charge is -2.29. The van der Waals surface area contributed by atoms with E-state index in [0.717, 1.165) is 22.7 Å². The number of carboxylic acids is 1. The summed E-state index contributed by atoms with van der Waals surface area (Å²) in [4.78, 5) is 13.9. The van der Waals surface area contributed by atoms with E-state index in [0.29, 0.717) is 13.0 Å². The maximum Gasteiger partial charge on any atom is 0.309 e. The van der Waals surface area contributed by atoms with Gasteiger partial charge in [0.05, 0.1) is 26.2 Å². The normalized spacial score (nSPS) is 20.0. The van der Waals surface area contributed by atoms with E-state index in [2.05, 4.69) is 4.90 Å². The van der Waals surface area contributed by atoms with Gasteiger partial charge in [-0.05, 0) is 48.4 Å². The van der Waals surface area contributed by atoms with E-state index in [-0.39, 0.29) is 6.04 Å². The van der Waals surface area contributed by atoms with Crippen LogP contribution in [0.1, 0.15) is 18.0 Å². The van der Waals surface area contributed by atoms with E-state index in [1.54, 1.807) is 14.2 Å². The van der Waals surface area contributed by atoms with Crippen molar-refractivity contribution in [2.75, 3.05) is 25.7 Å². The van der Waals surface area contributed by atoms with Crippen LogP contribution in [-0.4, -0.2) is 31.8 Å². The first kappa shape index (κ1) is 16.2. The van der Waals surface area contributed by atoms with Crippen LogP contribution in [-0.2, 0) is 4.79 Å². The molecule has 2 aromatic carbocycles. The van der Waals surface area contributed by atoms with Gasteiger partial charge in [0.1, 0.15) is 11.5 Å². The highest BCUT2D eigenvalue weighted by molar-refractivity contribution is 5.74. The van der Waals surface area contributed by atoms with Crippen LogP contribution in [0.3, 0.4) is 0 Å². The molecule has 0 spiro atoms. The second-order valence-corrected chi connectivity index (χ2v) is 5.84. The van der Waals surface area contributed by atoms with Crippen molar-refractivity contribution < 1.29 is 19.4 Å². The van der Waals surface area contributed by atoms with Crippen molar-refractivity contribution in [2.45, 2.75) is 12.5 Å². The minimum atomic E-state index is -0.758. The molecule has 0 aromatic heterocycles. The Morgan fingerprint density at radius 3 is 2.04 bits per heavy atom. The molecule has 1 aliphatic heterocycles. The first-order valence-electron chi connectivity index (χ1n) is 7.91. The molecule has 0 amide bonds. The van der Waals surface area contributed by atoms with Gasteiger partial charge in [-0.2, -0.15) is 0 Å². The zero-order valence-electron chi connectivity index (χ0n) is 13.8. The summed E-state index contributed by atoms with van der Waals surface area (Å²) in [5.41, 5.74) is 1.98. The fourth-order valence-electron chi connectivity index (χ4n) is 3.33. The van der Waals surface area contributed by atoms with Crippen molar-refractivity contribution >= 4 is 11.7 Å². The van der Waals surface area contributed by atoms with Gasteiger partial charge in [0.25, 0.3) is 0 Å². The van der Waals surface area contributed by atoms with Gasteiger partial charge in [-0.1, -0.05) is 12.1 Å². The smallest absolute Gasteiger partial charge is 0.309 e. The summed E-state index contributed by atoms with van der Waals surface area (Å²) >= 11 is 0. The topological polar surface area (TPSA) is 59.0 Å². The van der Waals surface area contributed by atoms with Crippen LogP contribution in [0.15, 0.2) is 48.5 Å². The van der Waals surface area contributed by atoms with E-state index < -0.39 is 11.9 Å². The predicted molar refractivity (Wildman–Crippen MR) is 91.8 cm³/mol. The second-order valence-electron chi connectivity index (χ2n) is 5.84. The minimum Gasteiger partial charge on any atom is -0.497 e. The molecule has 1 aliphatic rings. The highest BCUT2D eigenvalue weighted by Crippen LogP contribution is 2.41. The Morgan fingerprint density at radius 1 is 1.00 bits per heavy atom. The molecule has 2 aromatic rings. The van der Waals surface area contributed by atoms with Crippen LogP contribution < -0.4 is 14.4 Å². The molecule has 1 saturated heterocycles. The van der Waals surface area contributed by atoms with Crippen LogP contribution in [0.2, 0.25) is 0 Å². The number of hydrogen-bond donors (Lipinski definition) is 1. The van der Waals surface area contributed by atoms with Gasteiger partial charge in [-0.15, -0.1) is 0 Å². The van der Waals surface area contributed by atoms with Gasteiger partial charge in [-0.25, -0.2) is 0 Å². The van der Waals surface area contributed by atoms with E-state index in [1.165, 1.54) is 0 Å². The van der Waals surface area contributed by atoms with Crippen molar-refractivity contribution in [3.8, 4) is 11.5 Å². The van der Waals surface area contributed by atoms with Crippen molar-refractivity contribution in [1.82, 2.24) is 0 Å². The lowest BCUT2D eigenvalue weighted by Crippen LogP contribution is -2.28.